The lowest BCUT2D eigenvalue weighted by Crippen LogP contribution is -2.52. The number of carbonyl (C=O) groups excluding carboxylic acids is 3. The number of hydrogen-bond acceptors (Lipinski definition) is 6. The molecule has 2 aliphatic rings. The Labute approximate surface area is 365 Å². The summed E-state index contributed by atoms with van der Waals surface area (Å²) in [6.07, 6.45) is -8.35. The third kappa shape index (κ3) is 10.1. The number of hydrogen-bond donors (Lipinski definition) is 2. The van der Waals surface area contributed by atoms with Crippen LogP contribution in [0, 0.1) is 13.8 Å². The number of piperidine rings is 2. The van der Waals surface area contributed by atoms with E-state index in [9.17, 15) is 50.6 Å². The van der Waals surface area contributed by atoms with Crippen LogP contribution in [0.4, 0.5) is 26.3 Å². The number of benzene rings is 2. The van der Waals surface area contributed by atoms with Crippen molar-refractivity contribution >= 4 is 70.1 Å². The fourth-order valence-electron chi connectivity index (χ4n) is 7.50. The number of alkyl halides is 6. The monoisotopic (exact) mass is 939 g/mol. The number of nitrogens with zero attached hydrogens (tertiary/aromatic N) is 6. The third-order valence-corrected chi connectivity index (χ3v) is 12.6. The van der Waals surface area contributed by atoms with Gasteiger partial charge in [-0.15, -0.1) is 0 Å². The summed E-state index contributed by atoms with van der Waals surface area (Å²) in [5.74, 6) is -2.01. The minimum absolute atomic E-state index is 0.0374. The second-order valence-corrected chi connectivity index (χ2v) is 16.3. The number of halogens is 10. The molecule has 4 aromatic rings. The number of carbonyl (C=O) groups is 4. The lowest BCUT2D eigenvalue weighted by atomic mass is 9.72. The summed E-state index contributed by atoms with van der Waals surface area (Å²) in [7, 11) is 1.56. The molecular formula is C39H39Cl4F6N7O5. The average Bonchev–Trinajstić information content (AvgIpc) is 3.67. The number of likely N-dealkylation sites (tertiary alicyclic amines) is 2. The summed E-state index contributed by atoms with van der Waals surface area (Å²) < 4.78 is 79.8. The summed E-state index contributed by atoms with van der Waals surface area (Å²) in [5.41, 5.74) is -2.92. The van der Waals surface area contributed by atoms with Crippen molar-refractivity contribution in [3.63, 3.8) is 0 Å². The first-order chi connectivity index (χ1) is 28.4. The standard InChI is InChI=1S/C20H21Cl2F3N4O2.C19H18Cl2F3N3O3/c1-12-16(22)17(20(23,24)25)27-29(12)11-15(30)28-9-7-19(8-10-28,18(31)26-2)13-3-5-14(21)6-4-13;1-11-15(21)16(19(22,23)24)25-27(11)10-14(28)26-8-6-18(7-9-26,17(29)30)12-2-4-13(20)5-3-12/h3-6H,7-11H2,1-2H3,(H,26,31);2-5H,6-10H2,1H3,(H,29,30). The third-order valence-electron chi connectivity index (χ3n) is 11.2. The van der Waals surface area contributed by atoms with Crippen LogP contribution in [-0.4, -0.2) is 91.4 Å². The molecule has 2 N–H and O–H groups in total. The molecular weight excluding hydrogens is 902 g/mol. The molecule has 2 saturated heterocycles. The Morgan fingerprint density at radius 1 is 0.639 bits per heavy atom. The number of aliphatic carboxylic acids is 1. The highest BCUT2D eigenvalue weighted by Gasteiger charge is 2.46. The van der Waals surface area contributed by atoms with Gasteiger partial charge in [0, 0.05) is 43.3 Å². The van der Waals surface area contributed by atoms with Crippen molar-refractivity contribution in [2.24, 2.45) is 0 Å². The zero-order valence-electron chi connectivity index (χ0n) is 32.7. The van der Waals surface area contributed by atoms with Gasteiger partial charge in [-0.1, -0.05) is 70.7 Å². The summed E-state index contributed by atoms with van der Waals surface area (Å²) in [6, 6.07) is 13.5. The van der Waals surface area contributed by atoms with Crippen molar-refractivity contribution in [3.05, 3.63) is 103 Å². The Bertz CT molecular complexity index is 2270. The van der Waals surface area contributed by atoms with E-state index in [0.717, 1.165) is 14.9 Å². The molecule has 4 heterocycles. The smallest absolute Gasteiger partial charge is 0.436 e. The van der Waals surface area contributed by atoms with E-state index in [1.807, 2.05) is 0 Å². The van der Waals surface area contributed by atoms with E-state index in [1.165, 1.54) is 23.6 Å². The average molecular weight is 942 g/mol. The molecule has 3 amide bonds. The van der Waals surface area contributed by atoms with Gasteiger partial charge in [0.1, 0.15) is 13.1 Å². The molecule has 2 fully saturated rings. The van der Waals surface area contributed by atoms with Gasteiger partial charge in [0.2, 0.25) is 17.7 Å². The summed E-state index contributed by atoms with van der Waals surface area (Å²) >= 11 is 23.3. The van der Waals surface area contributed by atoms with Gasteiger partial charge >= 0.3 is 18.3 Å². The molecule has 0 bridgehead atoms. The molecule has 330 valence electrons. The number of nitrogens with one attached hydrogen (secondary N) is 1. The van der Waals surface area contributed by atoms with Crippen molar-refractivity contribution in [2.45, 2.75) is 75.8 Å². The highest BCUT2D eigenvalue weighted by molar-refractivity contribution is 6.32. The number of aromatic nitrogens is 4. The number of amides is 3. The molecule has 61 heavy (non-hydrogen) atoms. The van der Waals surface area contributed by atoms with Crippen molar-refractivity contribution < 1.29 is 50.6 Å². The van der Waals surface area contributed by atoms with Gasteiger partial charge in [-0.3, -0.25) is 28.5 Å². The lowest BCUT2D eigenvalue weighted by Gasteiger charge is -2.41. The van der Waals surface area contributed by atoms with Crippen LogP contribution >= 0.6 is 46.4 Å². The molecule has 0 aliphatic carbocycles. The molecule has 12 nitrogen and oxygen atoms in total. The molecule has 0 unspecified atom stereocenters. The molecule has 22 heteroatoms. The van der Waals surface area contributed by atoms with Crippen molar-refractivity contribution in [1.82, 2.24) is 34.7 Å². The van der Waals surface area contributed by atoms with Crippen molar-refractivity contribution in [3.8, 4) is 0 Å². The predicted octanol–water partition coefficient (Wildman–Crippen LogP) is 7.99. The maximum atomic E-state index is 13.0. The molecule has 0 radical (unpaired) electrons. The number of carboxylic acid groups (broad SMARTS) is 1. The number of likely N-dealkylation sites (N-methyl/N-ethyl adjacent to an activating group) is 1. The van der Waals surface area contributed by atoms with E-state index in [1.54, 1.807) is 55.6 Å². The summed E-state index contributed by atoms with van der Waals surface area (Å²) in [5, 5.41) is 19.4. The van der Waals surface area contributed by atoms with Gasteiger partial charge < -0.3 is 20.2 Å². The highest BCUT2D eigenvalue weighted by atomic mass is 35.5. The molecule has 2 aliphatic heterocycles. The van der Waals surface area contributed by atoms with Crippen molar-refractivity contribution in [2.75, 3.05) is 33.2 Å². The van der Waals surface area contributed by atoms with Crippen LogP contribution in [0.5, 0.6) is 0 Å². The molecule has 2 aromatic carbocycles. The minimum Gasteiger partial charge on any atom is -0.481 e. The Morgan fingerprint density at radius 2 is 0.967 bits per heavy atom. The first-order valence-corrected chi connectivity index (χ1v) is 20.1. The van der Waals surface area contributed by atoms with E-state index in [2.05, 4.69) is 15.5 Å². The van der Waals surface area contributed by atoms with Crippen LogP contribution in [0.15, 0.2) is 48.5 Å². The Morgan fingerprint density at radius 3 is 1.26 bits per heavy atom. The topological polar surface area (TPSA) is 143 Å². The second kappa shape index (κ2) is 18.4. The Balaban J connectivity index is 0.000000231. The van der Waals surface area contributed by atoms with E-state index in [4.69, 9.17) is 46.4 Å². The van der Waals surface area contributed by atoms with Crippen LogP contribution in [0.1, 0.15) is 59.6 Å². The second-order valence-electron chi connectivity index (χ2n) is 14.6. The summed E-state index contributed by atoms with van der Waals surface area (Å²) in [4.78, 5) is 53.1. The first kappa shape index (κ1) is 47.5. The van der Waals surface area contributed by atoms with E-state index in [-0.39, 0.29) is 62.9 Å². The number of carboxylic acids is 1. The predicted molar refractivity (Wildman–Crippen MR) is 214 cm³/mol. The first-order valence-electron chi connectivity index (χ1n) is 18.6. The van der Waals surface area contributed by atoms with Crippen LogP contribution < -0.4 is 5.32 Å². The van der Waals surface area contributed by atoms with Crippen LogP contribution in [0.3, 0.4) is 0 Å². The van der Waals surface area contributed by atoms with E-state index >= 15 is 0 Å². The molecule has 0 atom stereocenters. The number of rotatable bonds is 8. The van der Waals surface area contributed by atoms with Gasteiger partial charge in [-0.05, 0) is 74.9 Å². The zero-order valence-corrected chi connectivity index (χ0v) is 35.8. The quantitative estimate of drug-likeness (QED) is 0.171. The fourth-order valence-corrected chi connectivity index (χ4v) is 8.24. The summed E-state index contributed by atoms with van der Waals surface area (Å²) in [6.45, 7) is 2.79. The molecule has 2 aromatic heterocycles. The van der Waals surface area contributed by atoms with Gasteiger partial charge in [0.05, 0.1) is 32.3 Å². The van der Waals surface area contributed by atoms with Crippen LogP contribution in [0.25, 0.3) is 0 Å². The maximum Gasteiger partial charge on any atom is 0.436 e. The molecule has 0 saturated carbocycles. The molecule has 6 rings (SSSR count). The van der Waals surface area contributed by atoms with Crippen LogP contribution in [0.2, 0.25) is 20.1 Å². The highest BCUT2D eigenvalue weighted by Crippen LogP contribution is 2.40. The molecule has 0 spiro atoms. The maximum absolute atomic E-state index is 13.0. The fraction of sp³-hybridized carbons (Fsp3) is 0.436. The Hall–Kier alpha value is -4.52. The lowest BCUT2D eigenvalue weighted by molar-refractivity contribution is -0.148. The Kier molecular flexibility index (Phi) is 14.4. The van der Waals surface area contributed by atoms with E-state index < -0.39 is 68.9 Å². The van der Waals surface area contributed by atoms with E-state index in [0.29, 0.717) is 28.5 Å². The largest absolute Gasteiger partial charge is 0.481 e. The van der Waals surface area contributed by atoms with Gasteiger partial charge in [-0.2, -0.15) is 36.5 Å². The van der Waals surface area contributed by atoms with Gasteiger partial charge in [0.15, 0.2) is 11.4 Å². The van der Waals surface area contributed by atoms with Crippen LogP contribution in [-0.2, 0) is 55.5 Å². The van der Waals surface area contributed by atoms with Crippen molar-refractivity contribution in [1.29, 1.82) is 0 Å². The minimum atomic E-state index is -4.72. The zero-order chi connectivity index (χ0) is 45.2. The SMILES string of the molecule is CNC(=O)C1(c2ccc(Cl)cc2)CCN(C(=O)Cn2nc(C(F)(F)F)c(Cl)c2C)CC1.Cc1c(Cl)c(C(F)(F)F)nn1CC(=O)N1CCC(C(=O)O)(c2ccc(Cl)cc2)CC1. The normalized spacial score (nSPS) is 16.4. The van der Waals surface area contributed by atoms with Gasteiger partial charge in [-0.25, -0.2) is 0 Å². The van der Waals surface area contributed by atoms with Gasteiger partial charge in [0.25, 0.3) is 0 Å².